The Labute approximate surface area is 79.2 Å². The molecule has 3 heteroatoms. The Morgan fingerprint density at radius 3 is 2.67 bits per heavy atom. The fourth-order valence-electron chi connectivity index (χ4n) is 1.44. The molecule has 0 N–H and O–H groups in total. The van der Waals surface area contributed by atoms with Crippen LogP contribution in [0.1, 0.15) is 14.8 Å². The third-order valence-corrected chi connectivity index (χ3v) is 5.53. The first-order chi connectivity index (χ1) is 5.79. The molecule has 1 aromatic rings. The standard InChI is InChI=1S/C9H7.2FH.Hf/c1-2-5-9-7-3-6-8(9)4-1;;;/h1-7H;2*1H;/q;;;+2/p-2. The van der Waals surface area contributed by atoms with E-state index in [-0.39, 0.29) is 0 Å². The van der Waals surface area contributed by atoms with Crippen LogP contribution in [-0.2, 0) is 22.6 Å². The fourth-order valence-corrected chi connectivity index (χ4v) is 4.10. The summed E-state index contributed by atoms with van der Waals surface area (Å²) in [5.74, 6) is 0. The van der Waals surface area contributed by atoms with Gasteiger partial charge in [0.15, 0.2) is 0 Å². The number of benzene rings is 1. The second kappa shape index (κ2) is 3.21. The van der Waals surface area contributed by atoms with Gasteiger partial charge in [-0.15, -0.1) is 0 Å². The van der Waals surface area contributed by atoms with E-state index in [1.807, 2.05) is 30.3 Å². The van der Waals surface area contributed by atoms with E-state index in [0.717, 1.165) is 11.1 Å². The minimum absolute atomic E-state index is 0.480. The monoisotopic (exact) mass is 333 g/mol. The summed E-state index contributed by atoms with van der Waals surface area (Å²) in [6.07, 6.45) is 3.47. The van der Waals surface area contributed by atoms with Crippen molar-refractivity contribution in [3.05, 3.63) is 41.5 Å². The summed E-state index contributed by atoms with van der Waals surface area (Å²) in [4.78, 5) is 0. The Morgan fingerprint density at radius 1 is 1.17 bits per heavy atom. The average molecular weight is 332 g/mol. The van der Waals surface area contributed by atoms with Crippen LogP contribution >= 0.6 is 0 Å². The van der Waals surface area contributed by atoms with Crippen LogP contribution in [-0.4, -0.2) is 0 Å². The molecule has 12 heavy (non-hydrogen) atoms. The Morgan fingerprint density at radius 2 is 1.92 bits per heavy atom. The van der Waals surface area contributed by atoms with Gasteiger partial charge in [0, 0.05) is 0 Å². The summed E-state index contributed by atoms with van der Waals surface area (Å²) in [6, 6.07) is 7.41. The molecule has 0 heterocycles. The number of rotatable bonds is 1. The van der Waals surface area contributed by atoms with E-state index in [9.17, 15) is 5.33 Å². The molecule has 0 spiro atoms. The zero-order valence-corrected chi connectivity index (χ0v) is 9.89. The fraction of sp³-hybridized carbons (Fsp3) is 0.111. The third-order valence-electron chi connectivity index (χ3n) is 2.03. The maximum absolute atomic E-state index is 12.6. The minimum atomic E-state index is -4.22. The summed E-state index contributed by atoms with van der Waals surface area (Å²) in [5, 5.41) is 0. The summed E-state index contributed by atoms with van der Waals surface area (Å²) in [5.41, 5.74) is 1.81. The van der Waals surface area contributed by atoms with Gasteiger partial charge < -0.3 is 0 Å². The van der Waals surface area contributed by atoms with Gasteiger partial charge in [0.25, 0.3) is 0 Å². The van der Waals surface area contributed by atoms with Gasteiger partial charge in [-0.05, 0) is 0 Å². The predicted molar refractivity (Wildman–Crippen MR) is 40.4 cm³/mol. The number of hydrogen-bond donors (Lipinski definition) is 0. The quantitative estimate of drug-likeness (QED) is 0.694. The second-order valence-electron chi connectivity index (χ2n) is 2.76. The van der Waals surface area contributed by atoms with E-state index in [1.54, 1.807) is 6.08 Å². The number of hydrogen-bond acceptors (Lipinski definition) is 0. The first-order valence-electron chi connectivity index (χ1n) is 3.74. The van der Waals surface area contributed by atoms with Crippen molar-refractivity contribution in [3.8, 4) is 0 Å². The molecule has 0 aromatic heterocycles. The van der Waals surface area contributed by atoms with Crippen molar-refractivity contribution in [3.63, 3.8) is 0 Å². The van der Waals surface area contributed by atoms with Crippen molar-refractivity contribution in [2.24, 2.45) is 0 Å². The van der Waals surface area contributed by atoms with Crippen molar-refractivity contribution < 1.29 is 28.0 Å². The number of fused-ring (bicyclic) bond motifs is 1. The van der Waals surface area contributed by atoms with Crippen LogP contribution in [0.25, 0.3) is 6.08 Å². The molecule has 1 aromatic carbocycles. The SMILES string of the molecule is [F][Hf]([F])[CH]1C=Cc2ccccc21. The summed E-state index contributed by atoms with van der Waals surface area (Å²) >= 11 is -4.22. The van der Waals surface area contributed by atoms with Gasteiger partial charge in [0.05, 0.1) is 0 Å². The Bertz CT molecular complexity index is 320. The molecule has 0 saturated carbocycles. The van der Waals surface area contributed by atoms with Crippen molar-refractivity contribution in [2.45, 2.75) is 3.67 Å². The van der Waals surface area contributed by atoms with Gasteiger partial charge in [-0.2, -0.15) is 0 Å². The second-order valence-corrected chi connectivity index (χ2v) is 7.07. The van der Waals surface area contributed by atoms with E-state index >= 15 is 0 Å². The molecule has 0 amide bonds. The summed E-state index contributed by atoms with van der Waals surface area (Å²) in [7, 11) is 0. The molecule has 0 nitrogen and oxygen atoms in total. The number of halogens is 2. The van der Waals surface area contributed by atoms with E-state index in [4.69, 9.17) is 0 Å². The average Bonchev–Trinajstić information content (AvgIpc) is 2.47. The molecular weight excluding hydrogens is 325 g/mol. The van der Waals surface area contributed by atoms with Gasteiger partial charge >= 0.3 is 79.2 Å². The molecular formula is C9H7F2Hf. The van der Waals surface area contributed by atoms with Crippen molar-refractivity contribution in [2.75, 3.05) is 0 Å². The molecule has 1 unspecified atom stereocenters. The maximum atomic E-state index is 12.6. The van der Waals surface area contributed by atoms with Crippen molar-refractivity contribution in [1.82, 2.24) is 0 Å². The van der Waals surface area contributed by atoms with E-state index in [2.05, 4.69) is 0 Å². The van der Waals surface area contributed by atoms with Gasteiger partial charge in [0.1, 0.15) is 0 Å². The van der Waals surface area contributed by atoms with E-state index < -0.39 is 26.3 Å². The predicted octanol–water partition coefficient (Wildman–Crippen LogP) is 3.14. The third kappa shape index (κ3) is 1.30. The first kappa shape index (κ1) is 8.30. The summed E-state index contributed by atoms with van der Waals surface area (Å²) in [6.45, 7) is 0. The van der Waals surface area contributed by atoms with Gasteiger partial charge in [0.2, 0.25) is 0 Å². The van der Waals surface area contributed by atoms with Crippen LogP contribution in [0.3, 0.4) is 0 Å². The topological polar surface area (TPSA) is 0 Å². The van der Waals surface area contributed by atoms with Crippen molar-refractivity contribution >= 4 is 6.08 Å². The van der Waals surface area contributed by atoms with Crippen LogP contribution in [0.4, 0.5) is 5.33 Å². The number of allylic oxidation sites excluding steroid dienone is 1. The Hall–Kier alpha value is -0.310. The molecule has 1 aliphatic carbocycles. The molecule has 1 aliphatic rings. The molecule has 2 rings (SSSR count). The van der Waals surface area contributed by atoms with Crippen LogP contribution in [0.2, 0.25) is 0 Å². The Kier molecular flexibility index (Phi) is 2.22. The Balaban J connectivity index is 2.42. The van der Waals surface area contributed by atoms with Crippen molar-refractivity contribution in [1.29, 1.82) is 0 Å². The molecule has 0 saturated heterocycles. The normalized spacial score (nSPS) is 19.3. The van der Waals surface area contributed by atoms with Crippen LogP contribution in [0.5, 0.6) is 0 Å². The van der Waals surface area contributed by atoms with Gasteiger partial charge in [-0.1, -0.05) is 0 Å². The van der Waals surface area contributed by atoms with Crippen LogP contribution in [0, 0.1) is 0 Å². The summed E-state index contributed by atoms with van der Waals surface area (Å²) < 4.78 is 24.7. The first-order valence-corrected chi connectivity index (χ1v) is 8.53. The van der Waals surface area contributed by atoms with Crippen LogP contribution in [0.15, 0.2) is 30.3 Å². The molecule has 61 valence electrons. The zero-order valence-electron chi connectivity index (χ0n) is 6.30. The molecule has 0 fully saturated rings. The van der Waals surface area contributed by atoms with Gasteiger partial charge in [-0.3, -0.25) is 0 Å². The molecule has 0 radical (unpaired) electrons. The zero-order chi connectivity index (χ0) is 8.55. The van der Waals surface area contributed by atoms with E-state index in [1.165, 1.54) is 0 Å². The molecule has 1 atom stereocenters. The molecule has 0 bridgehead atoms. The molecule has 0 aliphatic heterocycles. The van der Waals surface area contributed by atoms with Crippen LogP contribution < -0.4 is 0 Å². The van der Waals surface area contributed by atoms with E-state index in [0.29, 0.717) is 0 Å². The van der Waals surface area contributed by atoms with Gasteiger partial charge in [-0.25, -0.2) is 0 Å².